The van der Waals surface area contributed by atoms with Gasteiger partial charge in [-0.2, -0.15) is 0 Å². The summed E-state index contributed by atoms with van der Waals surface area (Å²) < 4.78 is 13.0. The van der Waals surface area contributed by atoms with Crippen molar-refractivity contribution in [2.24, 2.45) is 0 Å². The number of benzene rings is 2. The largest absolute Gasteiger partial charge is 0.300 e. The summed E-state index contributed by atoms with van der Waals surface area (Å²) in [6.45, 7) is 4.79. The maximum absolute atomic E-state index is 13.0. The van der Waals surface area contributed by atoms with Gasteiger partial charge < -0.3 is 4.90 Å². The number of piperazine rings is 1. The number of nitro benzene ring substituents is 1. The van der Waals surface area contributed by atoms with Crippen LogP contribution in [0.5, 0.6) is 0 Å². The summed E-state index contributed by atoms with van der Waals surface area (Å²) in [7, 11) is 0. The molecular formula is C20H22FN3O3. The Balaban J connectivity index is 1.46. The Kier molecular flexibility index (Phi) is 6.26. The second-order valence-electron chi connectivity index (χ2n) is 6.69. The minimum atomic E-state index is -0.512. The molecule has 0 aromatic heterocycles. The van der Waals surface area contributed by atoms with Crippen molar-refractivity contribution in [1.29, 1.82) is 0 Å². The van der Waals surface area contributed by atoms with Crippen molar-refractivity contribution >= 4 is 11.5 Å². The Morgan fingerprint density at radius 2 is 1.63 bits per heavy atom. The lowest BCUT2D eigenvalue weighted by Crippen LogP contribution is -2.46. The molecule has 0 bridgehead atoms. The zero-order valence-corrected chi connectivity index (χ0v) is 15.0. The Bertz CT molecular complexity index is 802. The maximum atomic E-state index is 13.0. The van der Waals surface area contributed by atoms with E-state index in [1.165, 1.54) is 24.3 Å². The Morgan fingerprint density at radius 3 is 2.30 bits per heavy atom. The molecule has 0 radical (unpaired) electrons. The molecule has 2 aromatic carbocycles. The number of rotatable bonds is 7. The third kappa shape index (κ3) is 5.18. The summed E-state index contributed by atoms with van der Waals surface area (Å²) in [5.74, 6) is -0.428. The van der Waals surface area contributed by atoms with Crippen LogP contribution >= 0.6 is 0 Å². The summed E-state index contributed by atoms with van der Waals surface area (Å²) in [5, 5.41) is 11.1. The van der Waals surface area contributed by atoms with E-state index in [2.05, 4.69) is 9.80 Å². The van der Waals surface area contributed by atoms with E-state index in [9.17, 15) is 19.3 Å². The summed E-state index contributed by atoms with van der Waals surface area (Å²) in [4.78, 5) is 27.4. The maximum Gasteiger partial charge on any atom is 0.280 e. The quantitative estimate of drug-likeness (QED) is 0.425. The van der Waals surface area contributed by atoms with Crippen molar-refractivity contribution in [2.75, 3.05) is 32.7 Å². The molecule has 0 unspecified atom stereocenters. The fraction of sp³-hybridized carbons (Fsp3) is 0.350. The number of carbonyl (C=O) groups is 1. The molecule has 142 valence electrons. The van der Waals surface area contributed by atoms with Gasteiger partial charge in [-0.05, 0) is 23.8 Å². The molecule has 0 N–H and O–H groups in total. The molecule has 3 rings (SSSR count). The number of para-hydroxylation sites is 1. The molecule has 1 aliphatic heterocycles. The van der Waals surface area contributed by atoms with Gasteiger partial charge in [-0.3, -0.25) is 19.8 Å². The fourth-order valence-electron chi connectivity index (χ4n) is 3.28. The van der Waals surface area contributed by atoms with Crippen LogP contribution in [0.15, 0.2) is 48.5 Å². The van der Waals surface area contributed by atoms with Gasteiger partial charge in [0.1, 0.15) is 5.82 Å². The zero-order chi connectivity index (χ0) is 19.2. The van der Waals surface area contributed by atoms with Gasteiger partial charge in [0.05, 0.1) is 10.5 Å². The average molecular weight is 371 g/mol. The van der Waals surface area contributed by atoms with Crippen molar-refractivity contribution in [3.05, 3.63) is 75.6 Å². The van der Waals surface area contributed by atoms with E-state index in [0.29, 0.717) is 6.54 Å². The molecule has 0 saturated carbocycles. The second-order valence-corrected chi connectivity index (χ2v) is 6.69. The first kappa shape index (κ1) is 19.1. The lowest BCUT2D eigenvalue weighted by atomic mass is 10.1. The van der Waals surface area contributed by atoms with Gasteiger partial charge in [-0.1, -0.05) is 24.3 Å². The number of hydrogen-bond donors (Lipinski definition) is 0. The van der Waals surface area contributed by atoms with Crippen LogP contribution in [-0.4, -0.2) is 53.2 Å². The van der Waals surface area contributed by atoms with Crippen LogP contribution in [-0.2, 0) is 6.54 Å². The number of halogens is 1. The SMILES string of the molecule is O=C(CCN1CCN(Cc2ccc(F)cc2)CC1)c1ccccc1[N+](=O)[O-]. The van der Waals surface area contributed by atoms with Crippen molar-refractivity contribution in [3.63, 3.8) is 0 Å². The molecule has 7 heteroatoms. The van der Waals surface area contributed by atoms with E-state index in [1.54, 1.807) is 24.3 Å². The van der Waals surface area contributed by atoms with E-state index in [-0.39, 0.29) is 29.3 Å². The Labute approximate surface area is 157 Å². The Hall–Kier alpha value is -2.64. The van der Waals surface area contributed by atoms with Gasteiger partial charge in [0, 0.05) is 51.8 Å². The number of nitro groups is 1. The molecule has 0 atom stereocenters. The van der Waals surface area contributed by atoms with Crippen LogP contribution in [0.4, 0.5) is 10.1 Å². The van der Waals surface area contributed by atoms with Gasteiger partial charge in [0.15, 0.2) is 5.78 Å². The molecule has 0 spiro atoms. The van der Waals surface area contributed by atoms with Crippen LogP contribution in [0.1, 0.15) is 22.3 Å². The predicted molar refractivity (Wildman–Crippen MR) is 100 cm³/mol. The van der Waals surface area contributed by atoms with Crippen LogP contribution in [0.25, 0.3) is 0 Å². The smallest absolute Gasteiger partial charge is 0.280 e. The summed E-state index contributed by atoms with van der Waals surface area (Å²) in [6, 6.07) is 12.6. The normalized spacial score (nSPS) is 15.6. The Morgan fingerprint density at radius 1 is 1.00 bits per heavy atom. The molecule has 27 heavy (non-hydrogen) atoms. The van der Waals surface area contributed by atoms with Crippen LogP contribution < -0.4 is 0 Å². The molecule has 1 heterocycles. The third-order valence-electron chi connectivity index (χ3n) is 4.84. The molecule has 1 aliphatic rings. The van der Waals surface area contributed by atoms with Crippen molar-refractivity contribution < 1.29 is 14.1 Å². The van der Waals surface area contributed by atoms with Crippen LogP contribution in [0.3, 0.4) is 0 Å². The molecule has 2 aromatic rings. The molecule has 0 amide bonds. The van der Waals surface area contributed by atoms with Crippen LogP contribution in [0.2, 0.25) is 0 Å². The molecule has 1 saturated heterocycles. The van der Waals surface area contributed by atoms with Crippen molar-refractivity contribution in [1.82, 2.24) is 9.80 Å². The van der Waals surface area contributed by atoms with E-state index in [1.807, 2.05) is 0 Å². The van der Waals surface area contributed by atoms with Gasteiger partial charge in [-0.25, -0.2) is 4.39 Å². The number of nitrogens with zero attached hydrogens (tertiary/aromatic N) is 3. The number of carbonyl (C=O) groups excluding carboxylic acids is 1. The first-order chi connectivity index (χ1) is 13.0. The van der Waals surface area contributed by atoms with E-state index in [0.717, 1.165) is 38.3 Å². The highest BCUT2D eigenvalue weighted by molar-refractivity contribution is 5.99. The first-order valence-corrected chi connectivity index (χ1v) is 8.99. The molecular weight excluding hydrogens is 349 g/mol. The lowest BCUT2D eigenvalue weighted by Gasteiger charge is -2.34. The minimum absolute atomic E-state index is 0.133. The van der Waals surface area contributed by atoms with E-state index >= 15 is 0 Å². The van der Waals surface area contributed by atoms with Gasteiger partial charge in [0.25, 0.3) is 5.69 Å². The van der Waals surface area contributed by atoms with E-state index < -0.39 is 4.92 Å². The van der Waals surface area contributed by atoms with Gasteiger partial charge in [-0.15, -0.1) is 0 Å². The summed E-state index contributed by atoms with van der Waals surface area (Å²) in [6.07, 6.45) is 0.267. The van der Waals surface area contributed by atoms with Gasteiger partial charge in [0.2, 0.25) is 0 Å². The van der Waals surface area contributed by atoms with E-state index in [4.69, 9.17) is 0 Å². The minimum Gasteiger partial charge on any atom is -0.300 e. The number of Topliss-reactive ketones (excluding diaryl/α,β-unsaturated/α-hetero) is 1. The highest BCUT2D eigenvalue weighted by Crippen LogP contribution is 2.19. The lowest BCUT2D eigenvalue weighted by molar-refractivity contribution is -0.385. The standard InChI is InChI=1S/C20H22FN3O3/c21-17-7-5-16(6-8-17)15-23-13-11-22(12-14-23)10-9-20(25)18-3-1-2-4-19(18)24(26)27/h1-8H,9-15H2. The monoisotopic (exact) mass is 371 g/mol. The van der Waals surface area contributed by atoms with Crippen molar-refractivity contribution in [3.8, 4) is 0 Å². The third-order valence-corrected chi connectivity index (χ3v) is 4.84. The topological polar surface area (TPSA) is 66.7 Å². The average Bonchev–Trinajstić information content (AvgIpc) is 2.69. The van der Waals surface area contributed by atoms with Crippen molar-refractivity contribution in [2.45, 2.75) is 13.0 Å². The zero-order valence-electron chi connectivity index (χ0n) is 15.0. The number of hydrogen-bond acceptors (Lipinski definition) is 5. The van der Waals surface area contributed by atoms with Crippen LogP contribution in [0, 0.1) is 15.9 Å². The van der Waals surface area contributed by atoms with Gasteiger partial charge >= 0.3 is 0 Å². The highest BCUT2D eigenvalue weighted by Gasteiger charge is 2.21. The number of ketones is 1. The summed E-state index contributed by atoms with van der Waals surface area (Å²) in [5.41, 5.74) is 1.13. The first-order valence-electron chi connectivity index (χ1n) is 8.99. The summed E-state index contributed by atoms with van der Waals surface area (Å²) >= 11 is 0. The molecule has 0 aliphatic carbocycles. The fourth-order valence-corrected chi connectivity index (χ4v) is 3.28. The predicted octanol–water partition coefficient (Wildman–Crippen LogP) is 3.12. The molecule has 6 nitrogen and oxygen atoms in total. The second kappa shape index (κ2) is 8.83. The molecule has 1 fully saturated rings. The highest BCUT2D eigenvalue weighted by atomic mass is 19.1.